The van der Waals surface area contributed by atoms with E-state index < -0.39 is 35.0 Å². The van der Waals surface area contributed by atoms with Crippen LogP contribution < -0.4 is 15.5 Å². The number of benzene rings is 2. The summed E-state index contributed by atoms with van der Waals surface area (Å²) in [5.41, 5.74) is -0.110. The van der Waals surface area contributed by atoms with E-state index in [-0.39, 0.29) is 17.6 Å². The van der Waals surface area contributed by atoms with E-state index in [1.54, 1.807) is 30.0 Å². The topological polar surface area (TPSA) is 78.5 Å². The van der Waals surface area contributed by atoms with Crippen LogP contribution in [0.2, 0.25) is 0 Å². The molecule has 2 saturated heterocycles. The summed E-state index contributed by atoms with van der Waals surface area (Å²) in [5, 5.41) is 6.23. The van der Waals surface area contributed by atoms with Crippen molar-refractivity contribution in [3.63, 3.8) is 0 Å². The van der Waals surface area contributed by atoms with Crippen molar-refractivity contribution in [3.05, 3.63) is 59.9 Å². The highest BCUT2D eigenvalue weighted by atomic mass is 32.2. The Hall–Kier alpha value is -2.71. The van der Waals surface area contributed by atoms with Gasteiger partial charge in [-0.1, -0.05) is 30.3 Å². The van der Waals surface area contributed by atoms with Gasteiger partial charge in [0.2, 0.25) is 17.7 Å². The van der Waals surface area contributed by atoms with Crippen LogP contribution in [-0.2, 0) is 19.9 Å². The average Bonchev–Trinajstić information content (AvgIpc) is 3.32. The number of anilines is 2. The lowest BCUT2D eigenvalue weighted by molar-refractivity contribution is -0.130. The number of halogens is 1. The minimum Gasteiger partial charge on any atom is -0.324 e. The number of rotatable bonds is 4. The molecule has 2 aromatic carbocycles. The fourth-order valence-electron chi connectivity index (χ4n) is 5.12. The third kappa shape index (κ3) is 2.43. The second-order valence-corrected chi connectivity index (χ2v) is 8.79. The van der Waals surface area contributed by atoms with E-state index in [0.717, 1.165) is 10.7 Å². The van der Waals surface area contributed by atoms with E-state index >= 15 is 0 Å². The molecule has 8 heteroatoms. The molecule has 3 aliphatic rings. The number of fused-ring (bicyclic) bond motifs is 4. The summed E-state index contributed by atoms with van der Waals surface area (Å²) in [6.07, 6.45) is 2.58. The molecule has 0 unspecified atom stereocenters. The lowest BCUT2D eigenvalue weighted by Gasteiger charge is -2.29. The fraction of sp³-hybridized carbons (Fsp3) is 0.318. The first kappa shape index (κ1) is 19.3. The van der Waals surface area contributed by atoms with Gasteiger partial charge in [-0.15, -0.1) is 0 Å². The van der Waals surface area contributed by atoms with Crippen LogP contribution in [-0.4, -0.2) is 35.8 Å². The molecule has 2 fully saturated rings. The van der Waals surface area contributed by atoms with E-state index in [9.17, 15) is 18.8 Å². The molecule has 3 aliphatic heterocycles. The fourth-order valence-corrected chi connectivity index (χ4v) is 5.61. The molecular formula is C22H20FN3O3S. The first-order valence-electron chi connectivity index (χ1n) is 9.80. The molecule has 0 saturated carbocycles. The van der Waals surface area contributed by atoms with Crippen LogP contribution in [0.3, 0.4) is 0 Å². The Kier molecular flexibility index (Phi) is 4.44. The van der Waals surface area contributed by atoms with Gasteiger partial charge in [-0.25, -0.2) is 9.29 Å². The van der Waals surface area contributed by atoms with Gasteiger partial charge < -0.3 is 5.32 Å². The van der Waals surface area contributed by atoms with Gasteiger partial charge in [-0.05, 0) is 36.6 Å². The van der Waals surface area contributed by atoms with Crippen molar-refractivity contribution < 1.29 is 18.8 Å². The van der Waals surface area contributed by atoms with Crippen LogP contribution in [0.1, 0.15) is 12.0 Å². The lowest BCUT2D eigenvalue weighted by atomic mass is 9.76. The molecule has 0 aliphatic carbocycles. The molecule has 2 aromatic rings. The molecule has 6 nitrogen and oxygen atoms in total. The average molecular weight is 425 g/mol. The van der Waals surface area contributed by atoms with E-state index in [0.29, 0.717) is 17.7 Å². The third-order valence-electron chi connectivity index (χ3n) is 6.35. The maximum absolute atomic E-state index is 14.5. The predicted molar refractivity (Wildman–Crippen MR) is 113 cm³/mol. The van der Waals surface area contributed by atoms with E-state index in [4.69, 9.17) is 0 Å². The molecule has 4 atom stereocenters. The Morgan fingerprint density at radius 3 is 2.57 bits per heavy atom. The Morgan fingerprint density at radius 2 is 1.80 bits per heavy atom. The Labute approximate surface area is 177 Å². The number of hydrogen-bond acceptors (Lipinski definition) is 5. The van der Waals surface area contributed by atoms with Crippen LogP contribution >= 0.6 is 11.8 Å². The van der Waals surface area contributed by atoms with Crippen LogP contribution in [0, 0.1) is 17.7 Å². The van der Waals surface area contributed by atoms with Gasteiger partial charge in [-0.2, -0.15) is 11.8 Å². The summed E-state index contributed by atoms with van der Waals surface area (Å²) in [5.74, 6) is -2.88. The number of nitrogens with one attached hydrogen (secondary N) is 2. The summed E-state index contributed by atoms with van der Waals surface area (Å²) in [7, 11) is 0. The van der Waals surface area contributed by atoms with Crippen molar-refractivity contribution in [2.24, 2.45) is 11.8 Å². The van der Waals surface area contributed by atoms with Gasteiger partial charge in [0.15, 0.2) is 0 Å². The number of thioether (sulfide) groups is 1. The standard InChI is InChI=1S/C22H20FN3O3S/c1-30-11-10-15-17-18(20(28)26(19(17)27)16-9-5-3-7-13(16)23)22(25-15)12-6-2-4-8-14(12)24-21(22)29/h2-9,15,17-18,25H,10-11H2,1H3,(H,24,29)/t15-,17+,18+,22-/m0/s1. The van der Waals surface area contributed by atoms with Crippen molar-refractivity contribution in [1.29, 1.82) is 0 Å². The minimum absolute atomic E-state index is 0.0626. The molecule has 1 spiro atoms. The number of amides is 3. The zero-order valence-corrected chi connectivity index (χ0v) is 17.0. The molecule has 154 valence electrons. The van der Waals surface area contributed by atoms with E-state index in [1.807, 2.05) is 18.4 Å². The highest BCUT2D eigenvalue weighted by Crippen LogP contribution is 2.54. The number of carbonyl (C=O) groups is 3. The molecule has 3 heterocycles. The number of imide groups is 1. The Morgan fingerprint density at radius 1 is 1.07 bits per heavy atom. The molecule has 30 heavy (non-hydrogen) atoms. The van der Waals surface area contributed by atoms with Crippen LogP contribution in [0.15, 0.2) is 48.5 Å². The normalized spacial score (nSPS) is 29.5. The van der Waals surface area contributed by atoms with Gasteiger partial charge in [0.05, 0.1) is 17.5 Å². The number of para-hydroxylation sites is 2. The monoisotopic (exact) mass is 425 g/mol. The van der Waals surface area contributed by atoms with E-state index in [2.05, 4.69) is 10.6 Å². The maximum atomic E-state index is 14.5. The van der Waals surface area contributed by atoms with Crippen molar-refractivity contribution >= 4 is 40.9 Å². The van der Waals surface area contributed by atoms with Crippen molar-refractivity contribution in [1.82, 2.24) is 5.32 Å². The summed E-state index contributed by atoms with van der Waals surface area (Å²) in [4.78, 5) is 41.2. The van der Waals surface area contributed by atoms with Gasteiger partial charge >= 0.3 is 0 Å². The highest BCUT2D eigenvalue weighted by molar-refractivity contribution is 7.98. The first-order chi connectivity index (χ1) is 14.5. The van der Waals surface area contributed by atoms with Gasteiger partial charge in [-0.3, -0.25) is 19.7 Å². The van der Waals surface area contributed by atoms with Crippen LogP contribution in [0.4, 0.5) is 15.8 Å². The van der Waals surface area contributed by atoms with Crippen molar-refractivity contribution in [2.45, 2.75) is 18.0 Å². The second kappa shape index (κ2) is 6.92. The summed E-state index contributed by atoms with van der Waals surface area (Å²) in [6.45, 7) is 0. The summed E-state index contributed by atoms with van der Waals surface area (Å²) < 4.78 is 14.5. The quantitative estimate of drug-likeness (QED) is 0.736. The van der Waals surface area contributed by atoms with Crippen LogP contribution in [0.5, 0.6) is 0 Å². The molecule has 0 radical (unpaired) electrons. The smallest absolute Gasteiger partial charge is 0.250 e. The molecule has 0 aromatic heterocycles. The largest absolute Gasteiger partial charge is 0.324 e. The molecule has 5 rings (SSSR count). The SMILES string of the molecule is CSCC[C@@H]1N[C@]2(C(=O)Nc3ccccc32)[C@H]2C(=O)N(c3ccccc3F)C(=O)[C@H]12. The van der Waals surface area contributed by atoms with Gasteiger partial charge in [0.1, 0.15) is 11.4 Å². The molecule has 0 bridgehead atoms. The molecule has 2 N–H and O–H groups in total. The molecular weight excluding hydrogens is 405 g/mol. The zero-order valence-electron chi connectivity index (χ0n) is 16.2. The minimum atomic E-state index is -1.34. The maximum Gasteiger partial charge on any atom is 0.250 e. The van der Waals surface area contributed by atoms with Gasteiger partial charge in [0.25, 0.3) is 0 Å². The van der Waals surface area contributed by atoms with Crippen molar-refractivity contribution in [3.8, 4) is 0 Å². The predicted octanol–water partition coefficient (Wildman–Crippen LogP) is 2.50. The number of carbonyl (C=O) groups excluding carboxylic acids is 3. The third-order valence-corrected chi connectivity index (χ3v) is 6.99. The highest BCUT2D eigenvalue weighted by Gasteiger charge is 2.70. The lowest BCUT2D eigenvalue weighted by Crippen LogP contribution is -2.53. The number of hydrogen-bond donors (Lipinski definition) is 2. The Bertz CT molecular complexity index is 1080. The van der Waals surface area contributed by atoms with Crippen LogP contribution in [0.25, 0.3) is 0 Å². The molecule has 3 amide bonds. The summed E-state index contributed by atoms with van der Waals surface area (Å²) >= 11 is 1.63. The second-order valence-electron chi connectivity index (χ2n) is 7.81. The van der Waals surface area contributed by atoms with Gasteiger partial charge in [0, 0.05) is 17.3 Å². The van der Waals surface area contributed by atoms with E-state index in [1.165, 1.54) is 18.2 Å². The first-order valence-corrected chi connectivity index (χ1v) is 11.2. The number of nitrogens with zero attached hydrogens (tertiary/aromatic N) is 1. The zero-order chi connectivity index (χ0) is 21.0. The summed E-state index contributed by atoms with van der Waals surface area (Å²) in [6, 6.07) is 12.6. The Balaban J connectivity index is 1.66. The van der Waals surface area contributed by atoms with Crippen molar-refractivity contribution in [2.75, 3.05) is 22.2 Å².